The van der Waals surface area contributed by atoms with Gasteiger partial charge < -0.3 is 14.8 Å². The van der Waals surface area contributed by atoms with E-state index in [0.717, 1.165) is 24.3 Å². The largest absolute Gasteiger partial charge is 0.493 e. The van der Waals surface area contributed by atoms with Gasteiger partial charge in [-0.1, -0.05) is 30.3 Å². The highest BCUT2D eigenvalue weighted by Crippen LogP contribution is 2.28. The van der Waals surface area contributed by atoms with E-state index in [1.807, 2.05) is 24.3 Å². The number of fused-ring (bicyclic) bond motifs is 1. The first kappa shape index (κ1) is 12.9. The van der Waals surface area contributed by atoms with Crippen molar-refractivity contribution in [3.8, 4) is 11.5 Å². The van der Waals surface area contributed by atoms with E-state index in [2.05, 4.69) is 29.6 Å². The van der Waals surface area contributed by atoms with E-state index in [4.69, 9.17) is 9.47 Å². The van der Waals surface area contributed by atoms with E-state index < -0.39 is 0 Å². The van der Waals surface area contributed by atoms with Crippen molar-refractivity contribution in [2.45, 2.75) is 18.9 Å². The van der Waals surface area contributed by atoms with Crippen LogP contribution >= 0.6 is 0 Å². The first-order valence-corrected chi connectivity index (χ1v) is 6.97. The molecular weight excluding hydrogens is 250 g/mol. The summed E-state index contributed by atoms with van der Waals surface area (Å²) in [5, 5.41) is 3.54. The molecule has 104 valence electrons. The monoisotopic (exact) mass is 269 g/mol. The molecule has 0 saturated carbocycles. The van der Waals surface area contributed by atoms with Crippen LogP contribution in [0.2, 0.25) is 0 Å². The van der Waals surface area contributed by atoms with Crippen LogP contribution in [-0.2, 0) is 6.42 Å². The fourth-order valence-corrected chi connectivity index (χ4v) is 2.60. The van der Waals surface area contributed by atoms with Crippen molar-refractivity contribution >= 4 is 5.69 Å². The number of methoxy groups -OCH3 is 1. The van der Waals surface area contributed by atoms with Crippen LogP contribution in [0.15, 0.2) is 48.5 Å². The Morgan fingerprint density at radius 3 is 2.60 bits per heavy atom. The Balaban J connectivity index is 1.52. The van der Waals surface area contributed by atoms with Crippen molar-refractivity contribution in [2.75, 3.05) is 19.0 Å². The van der Waals surface area contributed by atoms with Crippen LogP contribution in [0.4, 0.5) is 5.69 Å². The van der Waals surface area contributed by atoms with Gasteiger partial charge in [-0.05, 0) is 30.2 Å². The second-order valence-corrected chi connectivity index (χ2v) is 4.99. The number of rotatable bonds is 5. The first-order chi connectivity index (χ1) is 9.86. The summed E-state index contributed by atoms with van der Waals surface area (Å²) in [6.07, 6.45) is 2.05. The van der Waals surface area contributed by atoms with Gasteiger partial charge in [-0.15, -0.1) is 0 Å². The Hall–Kier alpha value is -2.16. The van der Waals surface area contributed by atoms with Crippen LogP contribution < -0.4 is 14.8 Å². The SMILES string of the molecule is COc1ccccc1OCCC1Cc2ccccc2N1. The van der Waals surface area contributed by atoms with Gasteiger partial charge in [0.25, 0.3) is 0 Å². The number of hydrogen-bond acceptors (Lipinski definition) is 3. The molecule has 1 aliphatic rings. The van der Waals surface area contributed by atoms with Gasteiger partial charge in [0, 0.05) is 18.2 Å². The van der Waals surface area contributed by atoms with Crippen molar-refractivity contribution in [3.63, 3.8) is 0 Å². The molecule has 0 radical (unpaired) electrons. The third kappa shape index (κ3) is 2.72. The summed E-state index contributed by atoms with van der Waals surface area (Å²) in [7, 11) is 1.66. The van der Waals surface area contributed by atoms with Crippen LogP contribution in [0.3, 0.4) is 0 Å². The number of para-hydroxylation sites is 3. The highest BCUT2D eigenvalue weighted by atomic mass is 16.5. The van der Waals surface area contributed by atoms with Crippen LogP contribution in [-0.4, -0.2) is 19.8 Å². The smallest absolute Gasteiger partial charge is 0.161 e. The molecule has 0 saturated heterocycles. The van der Waals surface area contributed by atoms with E-state index in [9.17, 15) is 0 Å². The number of nitrogens with one attached hydrogen (secondary N) is 1. The molecule has 3 heteroatoms. The summed E-state index contributed by atoms with van der Waals surface area (Å²) in [4.78, 5) is 0. The maximum Gasteiger partial charge on any atom is 0.161 e. The van der Waals surface area contributed by atoms with Gasteiger partial charge in [-0.2, -0.15) is 0 Å². The molecule has 0 aliphatic carbocycles. The van der Waals surface area contributed by atoms with Crippen molar-refractivity contribution in [1.82, 2.24) is 0 Å². The molecule has 1 aliphatic heterocycles. The lowest BCUT2D eigenvalue weighted by molar-refractivity contribution is 0.283. The minimum atomic E-state index is 0.460. The van der Waals surface area contributed by atoms with Gasteiger partial charge in [-0.3, -0.25) is 0 Å². The second-order valence-electron chi connectivity index (χ2n) is 4.99. The Morgan fingerprint density at radius 1 is 1.05 bits per heavy atom. The average molecular weight is 269 g/mol. The molecule has 0 amide bonds. The number of hydrogen-bond donors (Lipinski definition) is 1. The van der Waals surface area contributed by atoms with Crippen molar-refractivity contribution in [3.05, 3.63) is 54.1 Å². The molecular formula is C17H19NO2. The Bertz CT molecular complexity index is 558. The molecule has 1 N–H and O–H groups in total. The third-order valence-corrected chi connectivity index (χ3v) is 3.64. The topological polar surface area (TPSA) is 30.5 Å². The lowest BCUT2D eigenvalue weighted by Crippen LogP contribution is -2.18. The molecule has 3 nitrogen and oxygen atoms in total. The molecule has 3 rings (SSSR count). The minimum absolute atomic E-state index is 0.460. The molecule has 1 heterocycles. The van der Waals surface area contributed by atoms with Gasteiger partial charge in [0.05, 0.1) is 13.7 Å². The first-order valence-electron chi connectivity index (χ1n) is 6.97. The number of benzene rings is 2. The van der Waals surface area contributed by atoms with E-state index in [-0.39, 0.29) is 0 Å². The maximum atomic E-state index is 5.82. The molecule has 2 aromatic carbocycles. The van der Waals surface area contributed by atoms with Crippen molar-refractivity contribution in [2.24, 2.45) is 0 Å². The van der Waals surface area contributed by atoms with Gasteiger partial charge in [0.1, 0.15) is 0 Å². The minimum Gasteiger partial charge on any atom is -0.493 e. The normalized spacial score (nSPS) is 16.4. The Morgan fingerprint density at radius 2 is 1.80 bits per heavy atom. The van der Waals surface area contributed by atoms with E-state index in [0.29, 0.717) is 12.6 Å². The fraction of sp³-hybridized carbons (Fsp3) is 0.294. The van der Waals surface area contributed by atoms with Crippen molar-refractivity contribution in [1.29, 1.82) is 0 Å². The predicted molar refractivity (Wildman–Crippen MR) is 80.7 cm³/mol. The molecule has 1 unspecified atom stereocenters. The molecule has 0 aromatic heterocycles. The zero-order valence-electron chi connectivity index (χ0n) is 11.6. The summed E-state index contributed by atoms with van der Waals surface area (Å²) in [5.41, 5.74) is 2.66. The standard InChI is InChI=1S/C17H19NO2/c1-19-16-8-4-5-9-17(16)20-11-10-14-12-13-6-2-3-7-15(13)18-14/h2-9,14,18H,10-12H2,1H3. The lowest BCUT2D eigenvalue weighted by atomic mass is 10.1. The van der Waals surface area contributed by atoms with Crippen LogP contribution in [0.5, 0.6) is 11.5 Å². The molecule has 0 bridgehead atoms. The van der Waals surface area contributed by atoms with E-state index >= 15 is 0 Å². The summed E-state index contributed by atoms with van der Waals surface area (Å²) >= 11 is 0. The summed E-state index contributed by atoms with van der Waals surface area (Å²) in [6.45, 7) is 0.687. The molecule has 2 aromatic rings. The maximum absolute atomic E-state index is 5.82. The fourth-order valence-electron chi connectivity index (χ4n) is 2.60. The Kier molecular flexibility index (Phi) is 3.77. The summed E-state index contributed by atoms with van der Waals surface area (Å²) < 4.78 is 11.1. The molecule has 0 spiro atoms. The summed E-state index contributed by atoms with van der Waals surface area (Å²) in [6, 6.07) is 16.7. The molecule has 0 fully saturated rings. The summed E-state index contributed by atoms with van der Waals surface area (Å²) in [5.74, 6) is 1.60. The van der Waals surface area contributed by atoms with Crippen LogP contribution in [0.1, 0.15) is 12.0 Å². The Labute approximate surface area is 119 Å². The van der Waals surface area contributed by atoms with Crippen molar-refractivity contribution < 1.29 is 9.47 Å². The number of ether oxygens (including phenoxy) is 2. The van der Waals surface area contributed by atoms with Gasteiger partial charge in [-0.25, -0.2) is 0 Å². The second kappa shape index (κ2) is 5.87. The average Bonchev–Trinajstić information content (AvgIpc) is 2.90. The molecule has 20 heavy (non-hydrogen) atoms. The van der Waals surface area contributed by atoms with E-state index in [1.54, 1.807) is 7.11 Å². The zero-order chi connectivity index (χ0) is 13.8. The van der Waals surface area contributed by atoms with E-state index in [1.165, 1.54) is 11.3 Å². The predicted octanol–water partition coefficient (Wildman–Crippen LogP) is 3.50. The van der Waals surface area contributed by atoms with Gasteiger partial charge in [0.2, 0.25) is 0 Å². The third-order valence-electron chi connectivity index (χ3n) is 3.64. The quantitative estimate of drug-likeness (QED) is 0.901. The van der Waals surface area contributed by atoms with Gasteiger partial charge >= 0.3 is 0 Å². The lowest BCUT2D eigenvalue weighted by Gasteiger charge is -2.13. The number of anilines is 1. The van der Waals surface area contributed by atoms with Crippen LogP contribution in [0, 0.1) is 0 Å². The highest BCUT2D eigenvalue weighted by Gasteiger charge is 2.19. The highest BCUT2D eigenvalue weighted by molar-refractivity contribution is 5.56. The van der Waals surface area contributed by atoms with Gasteiger partial charge in [0.15, 0.2) is 11.5 Å². The van der Waals surface area contributed by atoms with Crippen LogP contribution in [0.25, 0.3) is 0 Å². The molecule has 1 atom stereocenters. The zero-order valence-corrected chi connectivity index (χ0v) is 11.6.